The van der Waals surface area contributed by atoms with Crippen LogP contribution in [0.4, 0.5) is 0 Å². The fraction of sp³-hybridized carbons (Fsp3) is 0.444. The highest BCUT2D eigenvalue weighted by Gasteiger charge is 2.17. The van der Waals surface area contributed by atoms with E-state index in [-0.39, 0.29) is 10.8 Å². The number of hydrogen-bond acceptors (Lipinski definition) is 4. The van der Waals surface area contributed by atoms with Gasteiger partial charge in [0, 0.05) is 18.5 Å². The SMILES string of the molecule is CCNC(=O)c1cc(S(=O)(=O)NCC)cs1. The predicted molar refractivity (Wildman–Crippen MR) is 63.2 cm³/mol. The van der Waals surface area contributed by atoms with Crippen LogP contribution in [0.15, 0.2) is 16.3 Å². The Kier molecular flexibility index (Phi) is 4.45. The summed E-state index contributed by atoms with van der Waals surface area (Å²) in [5, 5.41) is 4.08. The second-order valence-corrected chi connectivity index (χ2v) is 5.69. The molecule has 2 N–H and O–H groups in total. The lowest BCUT2D eigenvalue weighted by Gasteiger charge is -2.00. The van der Waals surface area contributed by atoms with Crippen LogP contribution in [0.2, 0.25) is 0 Å². The summed E-state index contributed by atoms with van der Waals surface area (Å²) in [5.74, 6) is -0.245. The van der Waals surface area contributed by atoms with Gasteiger partial charge in [-0.05, 0) is 13.0 Å². The van der Waals surface area contributed by atoms with E-state index in [2.05, 4.69) is 10.0 Å². The van der Waals surface area contributed by atoms with Crippen molar-refractivity contribution in [2.45, 2.75) is 18.7 Å². The normalized spacial score (nSPS) is 11.4. The molecule has 16 heavy (non-hydrogen) atoms. The number of nitrogens with one attached hydrogen (secondary N) is 2. The van der Waals surface area contributed by atoms with Crippen molar-refractivity contribution in [3.05, 3.63) is 16.3 Å². The highest BCUT2D eigenvalue weighted by molar-refractivity contribution is 7.89. The number of rotatable bonds is 5. The van der Waals surface area contributed by atoms with Gasteiger partial charge in [0.05, 0.1) is 9.77 Å². The number of hydrogen-bond donors (Lipinski definition) is 2. The third-order valence-electron chi connectivity index (χ3n) is 1.78. The Morgan fingerprint density at radius 2 is 2.06 bits per heavy atom. The highest BCUT2D eigenvalue weighted by atomic mass is 32.2. The molecule has 1 amide bonds. The molecule has 0 atom stereocenters. The van der Waals surface area contributed by atoms with Crippen molar-refractivity contribution in [1.29, 1.82) is 0 Å². The smallest absolute Gasteiger partial charge is 0.261 e. The van der Waals surface area contributed by atoms with Crippen molar-refractivity contribution in [3.63, 3.8) is 0 Å². The quantitative estimate of drug-likeness (QED) is 0.824. The molecule has 0 aromatic carbocycles. The zero-order valence-corrected chi connectivity index (χ0v) is 10.7. The number of carbonyl (C=O) groups excluding carboxylic acids is 1. The van der Waals surface area contributed by atoms with E-state index in [1.165, 1.54) is 11.4 Å². The molecule has 5 nitrogen and oxygen atoms in total. The second kappa shape index (κ2) is 5.42. The number of amides is 1. The fourth-order valence-corrected chi connectivity index (χ4v) is 3.33. The van der Waals surface area contributed by atoms with Gasteiger partial charge in [0.1, 0.15) is 0 Å². The van der Waals surface area contributed by atoms with Crippen molar-refractivity contribution in [2.24, 2.45) is 0 Å². The Labute approximate surface area is 98.9 Å². The van der Waals surface area contributed by atoms with Crippen LogP contribution in [-0.4, -0.2) is 27.4 Å². The molecule has 0 bridgehead atoms. The van der Waals surface area contributed by atoms with Gasteiger partial charge < -0.3 is 5.32 Å². The van der Waals surface area contributed by atoms with Gasteiger partial charge in [0.25, 0.3) is 5.91 Å². The van der Waals surface area contributed by atoms with Gasteiger partial charge in [-0.3, -0.25) is 4.79 Å². The predicted octanol–water partition coefficient (Wildman–Crippen LogP) is 0.796. The molecule has 0 aliphatic heterocycles. The van der Waals surface area contributed by atoms with E-state index >= 15 is 0 Å². The number of thiophene rings is 1. The summed E-state index contributed by atoms with van der Waals surface area (Å²) in [6.07, 6.45) is 0. The average Bonchev–Trinajstić information content (AvgIpc) is 2.67. The first-order valence-corrected chi connectivity index (χ1v) is 7.24. The molecule has 1 heterocycles. The Morgan fingerprint density at radius 3 is 2.62 bits per heavy atom. The monoisotopic (exact) mass is 262 g/mol. The van der Waals surface area contributed by atoms with Crippen LogP contribution in [0, 0.1) is 0 Å². The molecule has 0 radical (unpaired) electrons. The first kappa shape index (κ1) is 13.1. The highest BCUT2D eigenvalue weighted by Crippen LogP contribution is 2.18. The summed E-state index contributed by atoms with van der Waals surface area (Å²) in [6.45, 7) is 4.36. The summed E-state index contributed by atoms with van der Waals surface area (Å²) < 4.78 is 25.5. The van der Waals surface area contributed by atoms with Crippen molar-refractivity contribution >= 4 is 27.3 Å². The number of sulfonamides is 1. The molecular weight excluding hydrogens is 248 g/mol. The summed E-state index contributed by atoms with van der Waals surface area (Å²) in [7, 11) is -3.46. The first-order chi connectivity index (χ1) is 7.51. The summed E-state index contributed by atoms with van der Waals surface area (Å²) >= 11 is 1.12. The van der Waals surface area contributed by atoms with E-state index in [1.807, 2.05) is 6.92 Å². The van der Waals surface area contributed by atoms with Crippen molar-refractivity contribution in [1.82, 2.24) is 10.0 Å². The standard InChI is InChI=1S/C9H14N2O3S2/c1-3-10-9(12)8-5-7(6-15-8)16(13,14)11-4-2/h5-6,11H,3-4H2,1-2H3,(H,10,12). The minimum atomic E-state index is -3.46. The molecule has 0 saturated heterocycles. The van der Waals surface area contributed by atoms with Crippen LogP contribution >= 0.6 is 11.3 Å². The second-order valence-electron chi connectivity index (χ2n) is 3.01. The van der Waals surface area contributed by atoms with Crippen LogP contribution in [0.25, 0.3) is 0 Å². The third kappa shape index (κ3) is 3.03. The van der Waals surface area contributed by atoms with Gasteiger partial charge >= 0.3 is 0 Å². The molecule has 90 valence electrons. The molecule has 0 aliphatic carbocycles. The lowest BCUT2D eigenvalue weighted by molar-refractivity contribution is 0.0960. The Bertz CT molecular complexity index is 465. The zero-order chi connectivity index (χ0) is 12.2. The summed E-state index contributed by atoms with van der Waals surface area (Å²) in [5.41, 5.74) is 0. The van der Waals surface area contributed by atoms with Crippen molar-refractivity contribution in [2.75, 3.05) is 13.1 Å². The minimum Gasteiger partial charge on any atom is -0.352 e. The largest absolute Gasteiger partial charge is 0.352 e. The molecule has 1 aromatic heterocycles. The van der Waals surface area contributed by atoms with Gasteiger partial charge in [-0.25, -0.2) is 13.1 Å². The maximum Gasteiger partial charge on any atom is 0.261 e. The number of carbonyl (C=O) groups is 1. The van der Waals surface area contributed by atoms with Crippen LogP contribution in [0.1, 0.15) is 23.5 Å². The molecule has 0 unspecified atom stereocenters. The minimum absolute atomic E-state index is 0.139. The molecule has 0 fully saturated rings. The summed E-state index contributed by atoms with van der Waals surface area (Å²) in [4.78, 5) is 12.0. The van der Waals surface area contributed by atoms with E-state index in [1.54, 1.807) is 6.92 Å². The van der Waals surface area contributed by atoms with E-state index in [0.29, 0.717) is 18.0 Å². The Hall–Kier alpha value is -0.920. The van der Waals surface area contributed by atoms with Crippen LogP contribution in [-0.2, 0) is 10.0 Å². The van der Waals surface area contributed by atoms with Crippen LogP contribution < -0.4 is 10.0 Å². The Balaban J connectivity index is 2.91. The van der Waals surface area contributed by atoms with Crippen molar-refractivity contribution in [3.8, 4) is 0 Å². The van der Waals surface area contributed by atoms with Gasteiger partial charge in [0.2, 0.25) is 10.0 Å². The molecule has 7 heteroatoms. The van der Waals surface area contributed by atoms with E-state index < -0.39 is 10.0 Å². The van der Waals surface area contributed by atoms with E-state index in [4.69, 9.17) is 0 Å². The first-order valence-electron chi connectivity index (χ1n) is 4.87. The topological polar surface area (TPSA) is 75.3 Å². The van der Waals surface area contributed by atoms with E-state index in [0.717, 1.165) is 11.3 Å². The lowest BCUT2D eigenvalue weighted by Crippen LogP contribution is -2.23. The molecule has 0 aliphatic rings. The fourth-order valence-electron chi connectivity index (χ4n) is 1.10. The van der Waals surface area contributed by atoms with Crippen LogP contribution in [0.3, 0.4) is 0 Å². The van der Waals surface area contributed by atoms with Crippen molar-refractivity contribution < 1.29 is 13.2 Å². The Morgan fingerprint density at radius 1 is 1.38 bits per heavy atom. The molecular formula is C9H14N2O3S2. The zero-order valence-electron chi connectivity index (χ0n) is 9.11. The molecule has 0 saturated carbocycles. The molecule has 1 rings (SSSR count). The molecule has 1 aromatic rings. The van der Waals surface area contributed by atoms with Gasteiger partial charge in [-0.15, -0.1) is 11.3 Å². The third-order valence-corrected chi connectivity index (χ3v) is 4.38. The van der Waals surface area contributed by atoms with Gasteiger partial charge in [-0.1, -0.05) is 6.92 Å². The lowest BCUT2D eigenvalue weighted by atomic mass is 10.4. The van der Waals surface area contributed by atoms with E-state index in [9.17, 15) is 13.2 Å². The van der Waals surface area contributed by atoms with Gasteiger partial charge in [-0.2, -0.15) is 0 Å². The molecule has 0 spiro atoms. The maximum absolute atomic E-state index is 11.6. The average molecular weight is 262 g/mol. The van der Waals surface area contributed by atoms with Gasteiger partial charge in [0.15, 0.2) is 0 Å². The summed E-state index contributed by atoms with van der Waals surface area (Å²) in [6, 6.07) is 1.38. The maximum atomic E-state index is 11.6. The van der Waals surface area contributed by atoms with Crippen LogP contribution in [0.5, 0.6) is 0 Å².